The van der Waals surface area contributed by atoms with Crippen LogP contribution in [0.15, 0.2) is 24.3 Å². The van der Waals surface area contributed by atoms with Crippen LogP contribution in [0.1, 0.15) is 18.9 Å². The van der Waals surface area contributed by atoms with Gasteiger partial charge in [-0.05, 0) is 31.4 Å². The predicted octanol–water partition coefficient (Wildman–Crippen LogP) is 2.20. The van der Waals surface area contributed by atoms with Gasteiger partial charge in [-0.3, -0.25) is 4.79 Å². The second kappa shape index (κ2) is 10.8. The van der Waals surface area contributed by atoms with Gasteiger partial charge >= 0.3 is 0 Å². The molecule has 0 spiro atoms. The van der Waals surface area contributed by atoms with Gasteiger partial charge in [0, 0.05) is 12.1 Å². The van der Waals surface area contributed by atoms with Crippen molar-refractivity contribution in [2.45, 2.75) is 25.9 Å². The van der Waals surface area contributed by atoms with Gasteiger partial charge in [0.25, 0.3) is 0 Å². The fourth-order valence-electron chi connectivity index (χ4n) is 1.64. The fraction of sp³-hybridized carbons (Fsp3) is 0.500. The number of rotatable bonds is 8. The lowest BCUT2D eigenvalue weighted by Gasteiger charge is -2.14. The average Bonchev–Trinajstić information content (AvgIpc) is 2.43. The van der Waals surface area contributed by atoms with Gasteiger partial charge in [0.15, 0.2) is 0 Å². The molecule has 0 radical (unpaired) electrons. The molecule has 114 valence electrons. The van der Waals surface area contributed by atoms with Crippen molar-refractivity contribution in [1.29, 1.82) is 0 Å². The molecule has 0 bridgehead atoms. The van der Waals surface area contributed by atoms with Gasteiger partial charge < -0.3 is 15.8 Å². The first kappa shape index (κ1) is 19.1. The third-order valence-corrected chi connectivity index (χ3v) is 3.34. The second-order valence-electron chi connectivity index (χ2n) is 4.15. The Morgan fingerprint density at radius 1 is 1.45 bits per heavy atom. The summed E-state index contributed by atoms with van der Waals surface area (Å²) in [6, 6.07) is 7.25. The molecular formula is C14H23ClN2O2S. The van der Waals surface area contributed by atoms with E-state index in [0.29, 0.717) is 19.6 Å². The van der Waals surface area contributed by atoms with E-state index in [9.17, 15) is 4.79 Å². The first-order valence-corrected chi connectivity index (χ1v) is 7.81. The molecule has 0 saturated carbocycles. The SMILES string of the molecule is CCOc1ccccc1CNC(=O)[C@@H](N)CCSC.Cl. The summed E-state index contributed by atoms with van der Waals surface area (Å²) >= 11 is 1.69. The molecular weight excluding hydrogens is 296 g/mol. The smallest absolute Gasteiger partial charge is 0.237 e. The number of amides is 1. The number of nitrogens with one attached hydrogen (secondary N) is 1. The lowest BCUT2D eigenvalue weighted by Crippen LogP contribution is -2.40. The van der Waals surface area contributed by atoms with Crippen LogP contribution in [0.4, 0.5) is 0 Å². The average molecular weight is 319 g/mol. The molecule has 1 rings (SSSR count). The Bertz CT molecular complexity index is 405. The topological polar surface area (TPSA) is 64.3 Å². The zero-order valence-corrected chi connectivity index (χ0v) is 13.6. The van der Waals surface area contributed by atoms with Crippen LogP contribution in [0.25, 0.3) is 0 Å². The molecule has 0 aliphatic rings. The van der Waals surface area contributed by atoms with E-state index in [1.165, 1.54) is 0 Å². The Morgan fingerprint density at radius 2 is 2.15 bits per heavy atom. The maximum Gasteiger partial charge on any atom is 0.237 e. The molecule has 20 heavy (non-hydrogen) atoms. The predicted molar refractivity (Wildman–Crippen MR) is 87.7 cm³/mol. The molecule has 3 N–H and O–H groups in total. The first-order valence-electron chi connectivity index (χ1n) is 6.42. The summed E-state index contributed by atoms with van der Waals surface area (Å²) in [7, 11) is 0. The molecule has 1 aromatic carbocycles. The number of carbonyl (C=O) groups excluding carboxylic acids is 1. The number of hydrogen-bond acceptors (Lipinski definition) is 4. The quantitative estimate of drug-likeness (QED) is 0.771. The highest BCUT2D eigenvalue weighted by molar-refractivity contribution is 7.98. The Labute approximate surface area is 131 Å². The molecule has 0 aliphatic carbocycles. The van der Waals surface area contributed by atoms with Crippen molar-refractivity contribution in [2.75, 3.05) is 18.6 Å². The molecule has 6 heteroatoms. The number of ether oxygens (including phenoxy) is 1. The molecule has 0 saturated heterocycles. The highest BCUT2D eigenvalue weighted by Gasteiger charge is 2.13. The lowest BCUT2D eigenvalue weighted by molar-refractivity contribution is -0.122. The van der Waals surface area contributed by atoms with Crippen LogP contribution in [0.5, 0.6) is 5.75 Å². The van der Waals surface area contributed by atoms with Crippen LogP contribution in [0.2, 0.25) is 0 Å². The molecule has 1 atom stereocenters. The maximum absolute atomic E-state index is 11.8. The van der Waals surface area contributed by atoms with Gasteiger partial charge in [-0.15, -0.1) is 12.4 Å². The third kappa shape index (κ3) is 6.50. The van der Waals surface area contributed by atoms with Crippen molar-refractivity contribution in [3.63, 3.8) is 0 Å². The minimum absolute atomic E-state index is 0. The van der Waals surface area contributed by atoms with E-state index in [1.54, 1.807) is 11.8 Å². The van der Waals surface area contributed by atoms with E-state index in [0.717, 1.165) is 17.1 Å². The Kier molecular flexibility index (Phi) is 10.3. The molecule has 1 aromatic rings. The molecule has 0 aromatic heterocycles. The number of carbonyl (C=O) groups is 1. The summed E-state index contributed by atoms with van der Waals surface area (Å²) in [6.07, 6.45) is 2.70. The highest BCUT2D eigenvalue weighted by atomic mass is 35.5. The van der Waals surface area contributed by atoms with Crippen molar-refractivity contribution in [3.8, 4) is 5.75 Å². The number of para-hydroxylation sites is 1. The zero-order valence-electron chi connectivity index (χ0n) is 11.9. The Balaban J connectivity index is 0.00000361. The van der Waals surface area contributed by atoms with Crippen LogP contribution in [-0.2, 0) is 11.3 Å². The summed E-state index contributed by atoms with van der Waals surface area (Å²) in [5.41, 5.74) is 6.77. The minimum Gasteiger partial charge on any atom is -0.494 e. The fourth-order valence-corrected chi connectivity index (χ4v) is 2.13. The molecule has 0 heterocycles. The summed E-state index contributed by atoms with van der Waals surface area (Å²) in [5.74, 6) is 1.59. The summed E-state index contributed by atoms with van der Waals surface area (Å²) in [6.45, 7) is 2.99. The monoisotopic (exact) mass is 318 g/mol. The van der Waals surface area contributed by atoms with Gasteiger partial charge in [-0.25, -0.2) is 0 Å². The van der Waals surface area contributed by atoms with Crippen molar-refractivity contribution in [2.24, 2.45) is 5.73 Å². The van der Waals surface area contributed by atoms with Crippen molar-refractivity contribution in [1.82, 2.24) is 5.32 Å². The standard InChI is InChI=1S/C14H22N2O2S.ClH/c1-3-18-13-7-5-4-6-11(13)10-16-14(17)12(15)8-9-19-2;/h4-7,12H,3,8-10,15H2,1-2H3,(H,16,17);1H/t12-;/m0./s1. The summed E-state index contributed by atoms with van der Waals surface area (Å²) in [5, 5.41) is 2.85. The van der Waals surface area contributed by atoms with Gasteiger partial charge in [0.2, 0.25) is 5.91 Å². The van der Waals surface area contributed by atoms with Gasteiger partial charge in [0.05, 0.1) is 12.6 Å². The molecule has 0 aliphatic heterocycles. The van der Waals surface area contributed by atoms with E-state index >= 15 is 0 Å². The number of hydrogen-bond donors (Lipinski definition) is 2. The Morgan fingerprint density at radius 3 is 2.80 bits per heavy atom. The number of thioether (sulfide) groups is 1. The van der Waals surface area contributed by atoms with Crippen LogP contribution < -0.4 is 15.8 Å². The van der Waals surface area contributed by atoms with E-state index in [2.05, 4.69) is 5.32 Å². The largest absolute Gasteiger partial charge is 0.494 e. The number of benzene rings is 1. The van der Waals surface area contributed by atoms with E-state index in [-0.39, 0.29) is 18.3 Å². The van der Waals surface area contributed by atoms with Gasteiger partial charge in [-0.1, -0.05) is 18.2 Å². The van der Waals surface area contributed by atoms with Crippen LogP contribution in [0.3, 0.4) is 0 Å². The van der Waals surface area contributed by atoms with Gasteiger partial charge in [-0.2, -0.15) is 11.8 Å². The van der Waals surface area contributed by atoms with E-state index in [1.807, 2.05) is 37.4 Å². The van der Waals surface area contributed by atoms with Crippen molar-refractivity contribution in [3.05, 3.63) is 29.8 Å². The van der Waals surface area contributed by atoms with Crippen LogP contribution >= 0.6 is 24.2 Å². The van der Waals surface area contributed by atoms with Crippen LogP contribution in [-0.4, -0.2) is 30.6 Å². The molecule has 0 fully saturated rings. The molecule has 0 unspecified atom stereocenters. The van der Waals surface area contributed by atoms with E-state index < -0.39 is 6.04 Å². The minimum atomic E-state index is -0.438. The Hall–Kier alpha value is -0.910. The lowest BCUT2D eigenvalue weighted by atomic mass is 10.2. The maximum atomic E-state index is 11.8. The van der Waals surface area contributed by atoms with Crippen molar-refractivity contribution >= 4 is 30.1 Å². The van der Waals surface area contributed by atoms with Gasteiger partial charge in [0.1, 0.15) is 5.75 Å². The summed E-state index contributed by atoms with van der Waals surface area (Å²) < 4.78 is 5.51. The molecule has 4 nitrogen and oxygen atoms in total. The normalized spacial score (nSPS) is 11.3. The zero-order chi connectivity index (χ0) is 14.1. The molecule has 1 amide bonds. The third-order valence-electron chi connectivity index (χ3n) is 2.70. The second-order valence-corrected chi connectivity index (χ2v) is 5.13. The number of halogens is 1. The first-order chi connectivity index (χ1) is 9.19. The van der Waals surface area contributed by atoms with E-state index in [4.69, 9.17) is 10.5 Å². The highest BCUT2D eigenvalue weighted by Crippen LogP contribution is 2.17. The summed E-state index contributed by atoms with van der Waals surface area (Å²) in [4.78, 5) is 11.8. The van der Waals surface area contributed by atoms with Crippen molar-refractivity contribution < 1.29 is 9.53 Å². The number of nitrogens with two attached hydrogens (primary N) is 1. The van der Waals surface area contributed by atoms with Crippen LogP contribution in [0, 0.1) is 0 Å².